The first-order chi connectivity index (χ1) is 10.4. The fourth-order valence-corrected chi connectivity index (χ4v) is 2.81. The molecule has 1 aromatic rings. The summed E-state index contributed by atoms with van der Waals surface area (Å²) in [5.41, 5.74) is -0.266. The summed E-state index contributed by atoms with van der Waals surface area (Å²) in [6.07, 6.45) is 0. The minimum atomic E-state index is -1.43. The molecule has 1 aromatic carbocycles. The summed E-state index contributed by atoms with van der Waals surface area (Å²) >= 11 is 3.29. The monoisotopic (exact) mass is 369 g/mol. The third kappa shape index (κ3) is 2.49. The van der Waals surface area contributed by atoms with Gasteiger partial charge in [-0.25, -0.2) is 4.79 Å². The average Bonchev–Trinajstić information content (AvgIpc) is 2.71. The first kappa shape index (κ1) is 16.5. The maximum Gasteiger partial charge on any atom is 0.339 e. The number of hydrogen-bond donors (Lipinski definition) is 1. The summed E-state index contributed by atoms with van der Waals surface area (Å²) in [6, 6.07) is 3.08. The molecule has 1 aliphatic rings. The van der Waals surface area contributed by atoms with Crippen molar-refractivity contribution in [2.45, 2.75) is 26.2 Å². The van der Waals surface area contributed by atoms with Gasteiger partial charge >= 0.3 is 11.9 Å². The minimum absolute atomic E-state index is 0.180. The molecular formula is C15H16BrNO5. The third-order valence-electron chi connectivity index (χ3n) is 3.53. The van der Waals surface area contributed by atoms with Crippen molar-refractivity contribution in [1.29, 1.82) is 0 Å². The molecule has 0 aliphatic carbocycles. The molecule has 0 fully saturated rings. The Morgan fingerprint density at radius 2 is 1.86 bits per heavy atom. The molecule has 1 heterocycles. The Hall–Kier alpha value is -1.89. The van der Waals surface area contributed by atoms with Crippen LogP contribution in [0.2, 0.25) is 0 Å². The smallest absolute Gasteiger partial charge is 0.339 e. The van der Waals surface area contributed by atoms with E-state index >= 15 is 0 Å². The van der Waals surface area contributed by atoms with E-state index in [1.807, 2.05) is 0 Å². The Morgan fingerprint density at radius 1 is 1.23 bits per heavy atom. The van der Waals surface area contributed by atoms with Crippen molar-refractivity contribution in [3.05, 3.63) is 27.7 Å². The van der Waals surface area contributed by atoms with Crippen LogP contribution in [0.5, 0.6) is 0 Å². The summed E-state index contributed by atoms with van der Waals surface area (Å²) in [7, 11) is 0. The first-order valence-electron chi connectivity index (χ1n) is 6.86. The Balaban J connectivity index is 2.51. The lowest BCUT2D eigenvalue weighted by Gasteiger charge is -2.20. The van der Waals surface area contributed by atoms with Crippen molar-refractivity contribution in [3.8, 4) is 0 Å². The molecule has 118 valence electrons. The molecule has 0 saturated heterocycles. The largest absolute Gasteiger partial charge is 0.465 e. The van der Waals surface area contributed by atoms with Gasteiger partial charge in [-0.3, -0.25) is 9.59 Å². The van der Waals surface area contributed by atoms with E-state index in [1.54, 1.807) is 19.9 Å². The molecule has 0 radical (unpaired) electrons. The van der Waals surface area contributed by atoms with E-state index in [0.29, 0.717) is 15.7 Å². The Morgan fingerprint density at radius 3 is 2.45 bits per heavy atom. The summed E-state index contributed by atoms with van der Waals surface area (Å²) < 4.78 is 10.4. The zero-order chi connectivity index (χ0) is 16.5. The molecule has 0 saturated carbocycles. The van der Waals surface area contributed by atoms with Gasteiger partial charge < -0.3 is 14.8 Å². The van der Waals surface area contributed by atoms with Crippen LogP contribution < -0.4 is 5.32 Å². The van der Waals surface area contributed by atoms with Crippen molar-refractivity contribution in [2.24, 2.45) is 0 Å². The number of ether oxygens (including phenoxy) is 2. The second kappa shape index (κ2) is 6.08. The molecule has 22 heavy (non-hydrogen) atoms. The molecule has 2 rings (SSSR count). The number of carbonyl (C=O) groups is 3. The van der Waals surface area contributed by atoms with Gasteiger partial charge in [0.1, 0.15) is 0 Å². The quantitative estimate of drug-likeness (QED) is 0.650. The van der Waals surface area contributed by atoms with Gasteiger partial charge in [-0.1, -0.05) is 0 Å². The summed E-state index contributed by atoms with van der Waals surface area (Å²) in [4.78, 5) is 36.3. The highest BCUT2D eigenvalue weighted by molar-refractivity contribution is 9.10. The van der Waals surface area contributed by atoms with Crippen LogP contribution >= 0.6 is 15.9 Å². The fourth-order valence-electron chi connectivity index (χ4n) is 2.30. The van der Waals surface area contributed by atoms with Crippen molar-refractivity contribution < 1.29 is 23.9 Å². The molecule has 1 atom stereocenters. The number of hydrogen-bond acceptors (Lipinski definition) is 5. The molecule has 1 N–H and O–H groups in total. The lowest BCUT2D eigenvalue weighted by Crippen LogP contribution is -2.40. The maximum absolute atomic E-state index is 12.2. The first-order valence-corrected chi connectivity index (χ1v) is 7.65. The van der Waals surface area contributed by atoms with Crippen LogP contribution in [0.3, 0.4) is 0 Å². The van der Waals surface area contributed by atoms with Crippen LogP contribution in [0, 0.1) is 0 Å². The molecule has 0 aromatic heterocycles. The number of anilines is 1. The number of carbonyl (C=O) groups excluding carboxylic acids is 3. The summed E-state index contributed by atoms with van der Waals surface area (Å²) in [6.45, 7) is 5.31. The van der Waals surface area contributed by atoms with Gasteiger partial charge in [-0.05, 0) is 48.8 Å². The standard InChI is InChI=1S/C15H16BrNO5/c1-4-21-12(18)8-6-11-9(7-10(8)16)15(3,13(19)17-11)14(20)22-5-2/h6-7H,4-5H2,1-3H3,(H,17,19). The second-order valence-corrected chi connectivity index (χ2v) is 5.75. The number of fused-ring (bicyclic) bond motifs is 1. The van der Waals surface area contributed by atoms with E-state index < -0.39 is 23.3 Å². The fraction of sp³-hybridized carbons (Fsp3) is 0.400. The summed E-state index contributed by atoms with van der Waals surface area (Å²) in [5.74, 6) is -1.60. The van der Waals surface area contributed by atoms with Crippen molar-refractivity contribution in [1.82, 2.24) is 0 Å². The topological polar surface area (TPSA) is 81.7 Å². The minimum Gasteiger partial charge on any atom is -0.465 e. The third-order valence-corrected chi connectivity index (χ3v) is 4.18. The molecular weight excluding hydrogens is 354 g/mol. The number of rotatable bonds is 4. The highest BCUT2D eigenvalue weighted by atomic mass is 79.9. The van der Waals surface area contributed by atoms with Crippen LogP contribution in [-0.4, -0.2) is 31.1 Å². The molecule has 7 heteroatoms. The molecule has 0 bridgehead atoms. The number of halogens is 1. The molecule has 1 unspecified atom stereocenters. The van der Waals surface area contributed by atoms with Crippen LogP contribution in [0.25, 0.3) is 0 Å². The predicted molar refractivity (Wildman–Crippen MR) is 82.7 cm³/mol. The predicted octanol–water partition coefficient (Wildman–Crippen LogP) is 2.40. The summed E-state index contributed by atoms with van der Waals surface area (Å²) in [5, 5.41) is 2.62. The zero-order valence-electron chi connectivity index (χ0n) is 12.5. The highest BCUT2D eigenvalue weighted by Gasteiger charge is 2.50. The van der Waals surface area contributed by atoms with Crippen LogP contribution in [-0.2, 0) is 24.5 Å². The van der Waals surface area contributed by atoms with E-state index in [-0.39, 0.29) is 18.8 Å². The van der Waals surface area contributed by atoms with Gasteiger partial charge in [0.05, 0.1) is 18.8 Å². The van der Waals surface area contributed by atoms with Crippen LogP contribution in [0.15, 0.2) is 16.6 Å². The lowest BCUT2D eigenvalue weighted by atomic mass is 9.83. The van der Waals surface area contributed by atoms with Gasteiger partial charge in [0, 0.05) is 15.7 Å². The molecule has 6 nitrogen and oxygen atoms in total. The van der Waals surface area contributed by atoms with Gasteiger partial charge in [0.25, 0.3) is 0 Å². The number of amides is 1. The van der Waals surface area contributed by atoms with E-state index in [9.17, 15) is 14.4 Å². The van der Waals surface area contributed by atoms with E-state index in [0.717, 1.165) is 0 Å². The molecule has 1 amide bonds. The van der Waals surface area contributed by atoms with Crippen molar-refractivity contribution >= 4 is 39.5 Å². The van der Waals surface area contributed by atoms with Gasteiger partial charge in [0.2, 0.25) is 5.91 Å². The molecule has 1 aliphatic heterocycles. The number of nitrogens with one attached hydrogen (secondary N) is 1. The van der Waals surface area contributed by atoms with Crippen molar-refractivity contribution in [2.75, 3.05) is 18.5 Å². The maximum atomic E-state index is 12.2. The second-order valence-electron chi connectivity index (χ2n) is 4.90. The van der Waals surface area contributed by atoms with Crippen LogP contribution in [0.1, 0.15) is 36.7 Å². The van der Waals surface area contributed by atoms with Gasteiger partial charge in [0.15, 0.2) is 5.41 Å². The van der Waals surface area contributed by atoms with Crippen LogP contribution in [0.4, 0.5) is 5.69 Å². The van der Waals surface area contributed by atoms with Gasteiger partial charge in [-0.15, -0.1) is 0 Å². The number of esters is 2. The normalized spacial score (nSPS) is 19.4. The van der Waals surface area contributed by atoms with E-state index in [4.69, 9.17) is 9.47 Å². The van der Waals surface area contributed by atoms with Gasteiger partial charge in [-0.2, -0.15) is 0 Å². The Kier molecular flexibility index (Phi) is 4.55. The SMILES string of the molecule is CCOC(=O)c1cc2c(cc1Br)C(C)(C(=O)OCC)C(=O)N2. The molecule has 0 spiro atoms. The Bertz CT molecular complexity index is 658. The zero-order valence-corrected chi connectivity index (χ0v) is 14.1. The average molecular weight is 370 g/mol. The number of benzene rings is 1. The Labute approximate surface area is 136 Å². The lowest BCUT2D eigenvalue weighted by molar-refractivity contribution is -0.152. The van der Waals surface area contributed by atoms with E-state index in [2.05, 4.69) is 21.2 Å². The van der Waals surface area contributed by atoms with E-state index in [1.165, 1.54) is 13.0 Å². The highest BCUT2D eigenvalue weighted by Crippen LogP contribution is 2.41. The van der Waals surface area contributed by atoms with Crippen molar-refractivity contribution in [3.63, 3.8) is 0 Å².